The van der Waals surface area contributed by atoms with E-state index in [1.807, 2.05) is 12.1 Å². The van der Waals surface area contributed by atoms with Gasteiger partial charge in [-0.25, -0.2) is 4.98 Å². The lowest BCUT2D eigenvalue weighted by Gasteiger charge is -2.19. The van der Waals surface area contributed by atoms with E-state index < -0.39 is 0 Å². The third-order valence-electron chi connectivity index (χ3n) is 3.21. The van der Waals surface area contributed by atoms with Gasteiger partial charge in [0.1, 0.15) is 5.03 Å². The minimum Gasteiger partial charge on any atom is -0.309 e. The molecule has 1 aromatic heterocycles. The number of hydrogen-bond acceptors (Lipinski definition) is 3. The molecule has 1 atom stereocenters. The lowest BCUT2D eigenvalue weighted by molar-refractivity contribution is 0.605. The number of aryl methyl sites for hydroxylation is 2. The minimum atomic E-state index is 0.302. The molecule has 1 unspecified atom stereocenters. The first-order valence-corrected chi connectivity index (χ1v) is 8.51. The van der Waals surface area contributed by atoms with E-state index in [0.717, 1.165) is 22.3 Å². The summed E-state index contributed by atoms with van der Waals surface area (Å²) in [6, 6.07) is 10.8. The van der Waals surface area contributed by atoms with E-state index >= 15 is 0 Å². The fourth-order valence-corrected chi connectivity index (χ4v) is 3.63. The van der Waals surface area contributed by atoms with Crippen molar-refractivity contribution in [1.82, 2.24) is 10.3 Å². The summed E-state index contributed by atoms with van der Waals surface area (Å²) in [4.78, 5) is 4.34. The highest BCUT2D eigenvalue weighted by Crippen LogP contribution is 2.29. The zero-order chi connectivity index (χ0) is 15.2. The highest BCUT2D eigenvalue weighted by atomic mass is 35.5. The predicted octanol–water partition coefficient (Wildman–Crippen LogP) is 4.79. The van der Waals surface area contributed by atoms with Crippen molar-refractivity contribution in [3.8, 4) is 0 Å². The van der Waals surface area contributed by atoms with Crippen LogP contribution in [0, 0.1) is 13.8 Å². The maximum atomic E-state index is 6.18. The summed E-state index contributed by atoms with van der Waals surface area (Å²) in [7, 11) is 0. The van der Waals surface area contributed by atoms with Crippen molar-refractivity contribution < 1.29 is 0 Å². The quantitative estimate of drug-likeness (QED) is 0.774. The zero-order valence-corrected chi connectivity index (χ0v) is 14.3. The van der Waals surface area contributed by atoms with Gasteiger partial charge >= 0.3 is 0 Å². The molecule has 0 saturated heterocycles. The average molecular weight is 321 g/mol. The molecule has 0 amide bonds. The molecule has 0 aliphatic carbocycles. The summed E-state index contributed by atoms with van der Waals surface area (Å²) in [6.07, 6.45) is 1.79. The molecule has 2 aromatic rings. The summed E-state index contributed by atoms with van der Waals surface area (Å²) in [5.41, 5.74) is 3.93. The van der Waals surface area contributed by atoms with Crippen LogP contribution in [0.5, 0.6) is 0 Å². The fraction of sp³-hybridized carbons (Fsp3) is 0.353. The van der Waals surface area contributed by atoms with Gasteiger partial charge in [-0.15, -0.1) is 11.8 Å². The van der Waals surface area contributed by atoms with Crippen LogP contribution in [-0.4, -0.2) is 17.3 Å². The van der Waals surface area contributed by atoms with Gasteiger partial charge in [0, 0.05) is 18.0 Å². The van der Waals surface area contributed by atoms with Crippen molar-refractivity contribution in [2.24, 2.45) is 0 Å². The summed E-state index contributed by atoms with van der Waals surface area (Å²) in [5, 5.41) is 5.17. The first-order valence-electron chi connectivity index (χ1n) is 7.15. The number of nitrogens with zero attached hydrogens (tertiary/aromatic N) is 1. The number of rotatable bonds is 6. The molecule has 1 aromatic carbocycles. The molecule has 0 bridgehead atoms. The van der Waals surface area contributed by atoms with Crippen molar-refractivity contribution in [3.63, 3.8) is 0 Å². The van der Waals surface area contributed by atoms with Crippen LogP contribution in [0.2, 0.25) is 5.02 Å². The van der Waals surface area contributed by atoms with Crippen LogP contribution >= 0.6 is 23.4 Å². The second kappa shape index (κ2) is 7.83. The number of nitrogens with one attached hydrogen (secondary N) is 1. The van der Waals surface area contributed by atoms with Crippen molar-refractivity contribution >= 4 is 23.4 Å². The molecule has 0 aliphatic rings. The molecule has 0 fully saturated rings. The Morgan fingerprint density at radius 2 is 1.95 bits per heavy atom. The molecule has 21 heavy (non-hydrogen) atoms. The summed E-state index contributed by atoms with van der Waals surface area (Å²) < 4.78 is 0. The molecule has 4 heteroatoms. The lowest BCUT2D eigenvalue weighted by atomic mass is 10.0. The topological polar surface area (TPSA) is 24.9 Å². The van der Waals surface area contributed by atoms with Gasteiger partial charge in [0.05, 0.1) is 5.02 Å². The predicted molar refractivity (Wildman–Crippen MR) is 92.3 cm³/mol. The summed E-state index contributed by atoms with van der Waals surface area (Å²) >= 11 is 7.87. The van der Waals surface area contributed by atoms with Crippen molar-refractivity contribution in [2.45, 2.75) is 31.8 Å². The van der Waals surface area contributed by atoms with Crippen LogP contribution in [0.4, 0.5) is 0 Å². The molecule has 0 radical (unpaired) electrons. The number of thioether (sulfide) groups is 1. The van der Waals surface area contributed by atoms with E-state index in [4.69, 9.17) is 11.6 Å². The van der Waals surface area contributed by atoms with Gasteiger partial charge < -0.3 is 5.32 Å². The molecular weight excluding hydrogens is 300 g/mol. The van der Waals surface area contributed by atoms with E-state index in [-0.39, 0.29) is 0 Å². The van der Waals surface area contributed by atoms with Crippen molar-refractivity contribution in [3.05, 3.63) is 58.2 Å². The third-order valence-corrected chi connectivity index (χ3v) is 4.72. The Morgan fingerprint density at radius 3 is 2.57 bits per heavy atom. The van der Waals surface area contributed by atoms with Crippen LogP contribution in [0.3, 0.4) is 0 Å². The van der Waals surface area contributed by atoms with E-state index in [9.17, 15) is 0 Å². The molecule has 2 nitrogen and oxygen atoms in total. The van der Waals surface area contributed by atoms with Gasteiger partial charge in [-0.05, 0) is 38.1 Å². The number of pyridine rings is 1. The van der Waals surface area contributed by atoms with Gasteiger partial charge in [-0.3, -0.25) is 0 Å². The van der Waals surface area contributed by atoms with Crippen LogP contribution in [0.1, 0.15) is 29.7 Å². The fourth-order valence-electron chi connectivity index (χ4n) is 2.37. The van der Waals surface area contributed by atoms with Crippen LogP contribution in [0.25, 0.3) is 0 Å². The molecule has 1 N–H and O–H groups in total. The lowest BCUT2D eigenvalue weighted by Crippen LogP contribution is -2.23. The maximum Gasteiger partial charge on any atom is 0.115 e. The molecule has 0 saturated carbocycles. The maximum absolute atomic E-state index is 6.18. The first kappa shape index (κ1) is 16.3. The molecule has 0 aliphatic heterocycles. The second-order valence-corrected chi connectivity index (χ2v) is 6.55. The highest BCUT2D eigenvalue weighted by molar-refractivity contribution is 7.99. The number of aromatic nitrogens is 1. The van der Waals surface area contributed by atoms with E-state index in [1.54, 1.807) is 18.0 Å². The average Bonchev–Trinajstić information content (AvgIpc) is 2.44. The van der Waals surface area contributed by atoms with E-state index in [0.29, 0.717) is 6.04 Å². The summed E-state index contributed by atoms with van der Waals surface area (Å²) in [6.45, 7) is 7.35. The zero-order valence-electron chi connectivity index (χ0n) is 12.7. The number of benzene rings is 1. The summed E-state index contributed by atoms with van der Waals surface area (Å²) in [5.74, 6) is 0.910. The van der Waals surface area contributed by atoms with Gasteiger partial charge in [-0.1, -0.05) is 47.9 Å². The normalized spacial score (nSPS) is 12.4. The number of hydrogen-bond donors (Lipinski definition) is 1. The molecule has 1 heterocycles. The number of halogens is 1. The van der Waals surface area contributed by atoms with Crippen molar-refractivity contribution in [1.29, 1.82) is 0 Å². The minimum absolute atomic E-state index is 0.302. The van der Waals surface area contributed by atoms with E-state index in [2.05, 4.69) is 49.3 Å². The van der Waals surface area contributed by atoms with Crippen LogP contribution < -0.4 is 5.32 Å². The Bertz CT molecular complexity index is 581. The monoisotopic (exact) mass is 320 g/mol. The molecule has 2 rings (SSSR count). The first-order chi connectivity index (χ1) is 10.1. The Balaban J connectivity index is 2.14. The van der Waals surface area contributed by atoms with Gasteiger partial charge in [0.2, 0.25) is 0 Å². The molecule has 0 spiro atoms. The standard InChI is InChI=1S/C17H21ClN2S/c1-4-19-16(14-9-12(2)8-13(3)10-14)11-21-17-15(18)6-5-7-20-17/h5-10,16,19H,4,11H2,1-3H3. The van der Waals surface area contributed by atoms with Crippen LogP contribution in [0.15, 0.2) is 41.6 Å². The van der Waals surface area contributed by atoms with Crippen LogP contribution in [-0.2, 0) is 0 Å². The van der Waals surface area contributed by atoms with Gasteiger partial charge in [0.15, 0.2) is 0 Å². The van der Waals surface area contributed by atoms with E-state index in [1.165, 1.54) is 16.7 Å². The smallest absolute Gasteiger partial charge is 0.115 e. The highest BCUT2D eigenvalue weighted by Gasteiger charge is 2.13. The van der Waals surface area contributed by atoms with Gasteiger partial charge in [0.25, 0.3) is 0 Å². The second-order valence-electron chi connectivity index (χ2n) is 5.13. The largest absolute Gasteiger partial charge is 0.309 e. The third kappa shape index (κ3) is 4.73. The molecular formula is C17H21ClN2S. The Kier molecular flexibility index (Phi) is 6.09. The van der Waals surface area contributed by atoms with Crippen molar-refractivity contribution in [2.75, 3.05) is 12.3 Å². The Labute approximate surface area is 136 Å². The molecule has 112 valence electrons. The Hall–Kier alpha value is -1.03. The van der Waals surface area contributed by atoms with Gasteiger partial charge in [-0.2, -0.15) is 0 Å². The Morgan fingerprint density at radius 1 is 1.24 bits per heavy atom. The SMILES string of the molecule is CCNC(CSc1ncccc1Cl)c1cc(C)cc(C)c1.